The fourth-order valence-corrected chi connectivity index (χ4v) is 3.25. The molecule has 162 valence electrons. The van der Waals surface area contributed by atoms with Gasteiger partial charge < -0.3 is 19.9 Å². The quantitative estimate of drug-likeness (QED) is 0.506. The molecule has 0 aliphatic heterocycles. The van der Waals surface area contributed by atoms with Crippen LogP contribution in [0.1, 0.15) is 18.7 Å². The zero-order chi connectivity index (χ0) is 22.5. The Balaban J connectivity index is 2.00. The number of carboxylic acid groups (broad SMARTS) is 1. The number of imidazole rings is 1. The summed E-state index contributed by atoms with van der Waals surface area (Å²) >= 11 is 0. The first-order valence-corrected chi connectivity index (χ1v) is 9.61. The van der Waals surface area contributed by atoms with Crippen LogP contribution in [0.2, 0.25) is 0 Å². The lowest BCUT2D eigenvalue weighted by atomic mass is 10.0. The van der Waals surface area contributed by atoms with E-state index in [0.29, 0.717) is 28.3 Å². The van der Waals surface area contributed by atoms with Gasteiger partial charge in [-0.3, -0.25) is 4.79 Å². The first-order valence-electron chi connectivity index (χ1n) is 9.61. The van der Waals surface area contributed by atoms with Gasteiger partial charge in [-0.05, 0) is 61.5 Å². The van der Waals surface area contributed by atoms with Gasteiger partial charge in [-0.15, -0.1) is 0 Å². The van der Waals surface area contributed by atoms with Gasteiger partial charge >= 0.3 is 5.97 Å². The van der Waals surface area contributed by atoms with Gasteiger partial charge in [0.25, 0.3) is 0 Å². The van der Waals surface area contributed by atoms with Crippen LogP contribution < -0.4 is 0 Å². The third-order valence-corrected chi connectivity index (χ3v) is 4.70. The number of nitrogens with zero attached hydrogens (tertiary/aromatic N) is 2. The van der Waals surface area contributed by atoms with Crippen LogP contribution in [-0.2, 0) is 4.79 Å². The fourth-order valence-electron chi connectivity index (χ4n) is 3.25. The van der Waals surface area contributed by atoms with E-state index < -0.39 is 30.4 Å². The number of halogens is 2. The van der Waals surface area contributed by atoms with E-state index in [2.05, 4.69) is 4.98 Å². The molecule has 1 heterocycles. The van der Waals surface area contributed by atoms with E-state index in [4.69, 9.17) is 5.11 Å². The maximum Gasteiger partial charge on any atom is 0.305 e. The lowest BCUT2D eigenvalue weighted by Gasteiger charge is -2.12. The summed E-state index contributed by atoms with van der Waals surface area (Å²) in [5.41, 5.74) is 2.48. The van der Waals surface area contributed by atoms with Gasteiger partial charge in [0.2, 0.25) is 0 Å². The highest BCUT2D eigenvalue weighted by atomic mass is 19.1. The van der Waals surface area contributed by atoms with Gasteiger partial charge in [0, 0.05) is 23.7 Å². The minimum atomic E-state index is -1.19. The molecule has 2 atom stereocenters. The van der Waals surface area contributed by atoms with Crippen molar-refractivity contribution < 1.29 is 28.9 Å². The predicted octanol–water partition coefficient (Wildman–Crippen LogP) is 3.86. The number of aliphatic hydroxyl groups excluding tert-OH is 2. The Kier molecular flexibility index (Phi) is 6.94. The zero-order valence-electron chi connectivity index (χ0n) is 16.7. The third kappa shape index (κ3) is 5.62. The smallest absolute Gasteiger partial charge is 0.305 e. The SMILES string of the molecule is Cc1nc(-c2ccc(F)cc2)c(-c2ccc(F)cc2)n1/C=C/C(O)CC(O)CC(=O)O. The first-order chi connectivity index (χ1) is 14.7. The molecular weight excluding hydrogens is 406 g/mol. The maximum absolute atomic E-state index is 13.5. The highest BCUT2D eigenvalue weighted by Gasteiger charge is 2.18. The van der Waals surface area contributed by atoms with E-state index in [-0.39, 0.29) is 12.2 Å². The average molecular weight is 428 g/mol. The predicted molar refractivity (Wildman–Crippen MR) is 112 cm³/mol. The van der Waals surface area contributed by atoms with Gasteiger partial charge in [0.15, 0.2) is 0 Å². The van der Waals surface area contributed by atoms with E-state index in [9.17, 15) is 23.8 Å². The Labute approximate surface area is 177 Å². The molecule has 31 heavy (non-hydrogen) atoms. The number of hydrogen-bond donors (Lipinski definition) is 3. The van der Waals surface area contributed by atoms with Crippen LogP contribution >= 0.6 is 0 Å². The molecule has 3 N–H and O–H groups in total. The molecule has 1 aromatic heterocycles. The van der Waals surface area contributed by atoms with Crippen molar-refractivity contribution in [3.05, 3.63) is 72.1 Å². The van der Waals surface area contributed by atoms with Gasteiger partial charge in [0.05, 0.1) is 30.0 Å². The average Bonchev–Trinajstić information content (AvgIpc) is 3.03. The van der Waals surface area contributed by atoms with Crippen molar-refractivity contribution in [1.29, 1.82) is 0 Å². The summed E-state index contributed by atoms with van der Waals surface area (Å²) in [4.78, 5) is 15.3. The maximum atomic E-state index is 13.5. The van der Waals surface area contributed by atoms with Crippen LogP contribution in [-0.4, -0.2) is 43.0 Å². The third-order valence-electron chi connectivity index (χ3n) is 4.70. The number of aliphatic carboxylic acids is 1. The van der Waals surface area contributed by atoms with Crippen LogP contribution in [0.25, 0.3) is 28.7 Å². The van der Waals surface area contributed by atoms with Crippen molar-refractivity contribution in [1.82, 2.24) is 9.55 Å². The summed E-state index contributed by atoms with van der Waals surface area (Å²) in [7, 11) is 0. The number of hydrogen-bond acceptors (Lipinski definition) is 4. The van der Waals surface area contributed by atoms with Crippen molar-refractivity contribution in [2.45, 2.75) is 32.0 Å². The van der Waals surface area contributed by atoms with Gasteiger partial charge in [-0.1, -0.05) is 0 Å². The normalized spacial score (nSPS) is 13.5. The monoisotopic (exact) mass is 428 g/mol. The molecule has 2 aromatic carbocycles. The molecule has 0 radical (unpaired) electrons. The van der Waals surface area contributed by atoms with Crippen LogP contribution in [0, 0.1) is 18.6 Å². The second-order valence-corrected chi connectivity index (χ2v) is 7.14. The Morgan fingerprint density at radius 3 is 2.13 bits per heavy atom. The highest BCUT2D eigenvalue weighted by Crippen LogP contribution is 2.33. The Morgan fingerprint density at radius 2 is 1.58 bits per heavy atom. The molecule has 0 saturated carbocycles. The van der Waals surface area contributed by atoms with Crippen molar-refractivity contribution >= 4 is 12.2 Å². The minimum absolute atomic E-state index is 0.146. The van der Waals surface area contributed by atoms with Crippen molar-refractivity contribution in [3.63, 3.8) is 0 Å². The molecule has 0 fully saturated rings. The largest absolute Gasteiger partial charge is 0.481 e. The molecule has 3 aromatic rings. The number of aliphatic hydroxyl groups is 2. The van der Waals surface area contributed by atoms with Crippen molar-refractivity contribution in [2.24, 2.45) is 0 Å². The summed E-state index contributed by atoms with van der Waals surface area (Å²) in [6.07, 6.45) is 0.0875. The molecule has 8 heteroatoms. The summed E-state index contributed by atoms with van der Waals surface area (Å²) in [6.45, 7) is 1.75. The van der Waals surface area contributed by atoms with Crippen LogP contribution in [0.15, 0.2) is 54.6 Å². The molecule has 0 amide bonds. The van der Waals surface area contributed by atoms with Crippen LogP contribution in [0.5, 0.6) is 0 Å². The molecule has 3 rings (SSSR count). The Morgan fingerprint density at radius 1 is 1.03 bits per heavy atom. The molecule has 0 bridgehead atoms. The molecule has 0 aliphatic carbocycles. The number of carbonyl (C=O) groups is 1. The number of rotatable bonds is 8. The molecule has 0 saturated heterocycles. The zero-order valence-corrected chi connectivity index (χ0v) is 16.7. The fraction of sp³-hybridized carbons (Fsp3) is 0.217. The lowest BCUT2D eigenvalue weighted by molar-refractivity contribution is -0.139. The topological polar surface area (TPSA) is 95.6 Å². The van der Waals surface area contributed by atoms with Crippen LogP contribution in [0.3, 0.4) is 0 Å². The van der Waals surface area contributed by atoms with Gasteiger partial charge in [0.1, 0.15) is 17.5 Å². The minimum Gasteiger partial charge on any atom is -0.481 e. The second kappa shape index (κ2) is 9.63. The van der Waals surface area contributed by atoms with E-state index in [1.807, 2.05) is 0 Å². The number of carboxylic acids is 1. The lowest BCUT2D eigenvalue weighted by Crippen LogP contribution is -2.19. The molecule has 0 aliphatic rings. The first kappa shape index (κ1) is 22.3. The van der Waals surface area contributed by atoms with E-state index >= 15 is 0 Å². The van der Waals surface area contributed by atoms with E-state index in [0.717, 1.165) is 0 Å². The van der Waals surface area contributed by atoms with Gasteiger partial charge in [-0.25, -0.2) is 13.8 Å². The van der Waals surface area contributed by atoms with Crippen molar-refractivity contribution in [2.75, 3.05) is 0 Å². The summed E-state index contributed by atoms with van der Waals surface area (Å²) in [5, 5.41) is 28.6. The van der Waals surface area contributed by atoms with Crippen molar-refractivity contribution in [3.8, 4) is 22.5 Å². The highest BCUT2D eigenvalue weighted by molar-refractivity contribution is 5.80. The van der Waals surface area contributed by atoms with E-state index in [1.54, 1.807) is 42.0 Å². The molecule has 0 spiro atoms. The molecule has 2 unspecified atom stereocenters. The summed E-state index contributed by atoms with van der Waals surface area (Å²) in [5.74, 6) is -1.37. The van der Waals surface area contributed by atoms with Gasteiger partial charge in [-0.2, -0.15) is 0 Å². The summed E-state index contributed by atoms with van der Waals surface area (Å²) in [6, 6.07) is 11.6. The molecule has 6 nitrogen and oxygen atoms in total. The van der Waals surface area contributed by atoms with E-state index in [1.165, 1.54) is 30.3 Å². The summed E-state index contributed by atoms with van der Waals surface area (Å²) < 4.78 is 28.5. The number of benzene rings is 2. The number of aryl methyl sites for hydroxylation is 1. The number of aromatic nitrogens is 2. The second-order valence-electron chi connectivity index (χ2n) is 7.14. The molecular formula is C23H22F2N2O4. The van der Waals surface area contributed by atoms with Crippen LogP contribution in [0.4, 0.5) is 8.78 Å². The Hall–Kier alpha value is -3.36. The Bertz CT molecular complexity index is 1080. The standard InChI is InChI=1S/C23H22F2N2O4/c1-14-26-22(15-2-6-17(24)7-3-15)23(16-4-8-18(25)9-5-16)27(14)11-10-19(28)12-20(29)13-21(30)31/h2-11,19-20,28-29H,12-13H2,1H3,(H,30,31)/b11-10+.